The number of fused-ring (bicyclic) bond motifs is 1. The van der Waals surface area contributed by atoms with Gasteiger partial charge in [0.25, 0.3) is 0 Å². The summed E-state index contributed by atoms with van der Waals surface area (Å²) in [7, 11) is 1.87. The average molecular weight is 278 g/mol. The number of aryl methyl sites for hydroxylation is 2. The maximum atomic E-state index is 11.1. The van der Waals surface area contributed by atoms with E-state index >= 15 is 0 Å². The molecule has 1 aliphatic carbocycles. The van der Waals surface area contributed by atoms with Gasteiger partial charge in [0.2, 0.25) is 0 Å². The van der Waals surface area contributed by atoms with Gasteiger partial charge in [0, 0.05) is 18.1 Å². The van der Waals surface area contributed by atoms with E-state index in [-0.39, 0.29) is 0 Å². The van der Waals surface area contributed by atoms with Crippen LogP contribution in [0.1, 0.15) is 28.6 Å². The monoisotopic (exact) mass is 278 g/mol. The molecule has 7 heteroatoms. The zero-order valence-corrected chi connectivity index (χ0v) is 11.3. The van der Waals surface area contributed by atoms with Crippen LogP contribution >= 0.6 is 11.3 Å². The average Bonchev–Trinajstić information content (AvgIpc) is 3.00. The van der Waals surface area contributed by atoms with Gasteiger partial charge in [0.05, 0.1) is 17.9 Å². The summed E-state index contributed by atoms with van der Waals surface area (Å²) in [5, 5.41) is 17.4. The van der Waals surface area contributed by atoms with E-state index in [0.717, 1.165) is 27.8 Å². The molecule has 2 heterocycles. The molecule has 2 N–H and O–H groups in total. The van der Waals surface area contributed by atoms with Crippen LogP contribution in [0.4, 0.5) is 5.13 Å². The van der Waals surface area contributed by atoms with E-state index in [1.807, 2.05) is 19.3 Å². The van der Waals surface area contributed by atoms with Gasteiger partial charge in [-0.2, -0.15) is 5.10 Å². The Hall–Kier alpha value is -1.89. The zero-order valence-electron chi connectivity index (χ0n) is 10.5. The number of carboxylic acids is 1. The first kappa shape index (κ1) is 12.2. The predicted molar refractivity (Wildman–Crippen MR) is 71.3 cm³/mol. The third-order valence-electron chi connectivity index (χ3n) is 3.21. The van der Waals surface area contributed by atoms with E-state index in [0.29, 0.717) is 13.0 Å². The maximum Gasteiger partial charge on any atom is 0.312 e. The molecular weight excluding hydrogens is 264 g/mol. The smallest absolute Gasteiger partial charge is 0.312 e. The summed E-state index contributed by atoms with van der Waals surface area (Å²) in [4.78, 5) is 16.6. The lowest BCUT2D eigenvalue weighted by Crippen LogP contribution is -2.09. The molecule has 0 spiro atoms. The van der Waals surface area contributed by atoms with Crippen LogP contribution in [-0.4, -0.2) is 25.8 Å². The standard InChI is InChI=1S/C12H14N4O2S/c1-16-5-4-7(15-16)6-13-12-14-10-8(11(17)18)2-3-9(10)19-12/h4-5,8H,2-3,6H2,1H3,(H,13,14)(H,17,18). The lowest BCUT2D eigenvalue weighted by Gasteiger charge is -2.02. The quantitative estimate of drug-likeness (QED) is 0.888. The summed E-state index contributed by atoms with van der Waals surface area (Å²) in [6, 6.07) is 1.94. The second-order valence-electron chi connectivity index (χ2n) is 4.59. The third kappa shape index (κ3) is 2.33. The van der Waals surface area contributed by atoms with Crippen molar-refractivity contribution >= 4 is 22.4 Å². The van der Waals surface area contributed by atoms with Gasteiger partial charge in [-0.25, -0.2) is 4.98 Å². The summed E-state index contributed by atoms with van der Waals surface area (Å²) >= 11 is 1.55. The fourth-order valence-electron chi connectivity index (χ4n) is 2.27. The first-order chi connectivity index (χ1) is 9.13. The molecule has 19 heavy (non-hydrogen) atoms. The van der Waals surface area contributed by atoms with E-state index in [1.165, 1.54) is 0 Å². The Labute approximate surface area is 114 Å². The van der Waals surface area contributed by atoms with E-state index in [1.54, 1.807) is 16.0 Å². The summed E-state index contributed by atoms with van der Waals surface area (Å²) in [5.41, 5.74) is 1.67. The lowest BCUT2D eigenvalue weighted by molar-refractivity contribution is -0.138. The van der Waals surface area contributed by atoms with Crippen molar-refractivity contribution in [3.8, 4) is 0 Å². The number of carbonyl (C=O) groups is 1. The van der Waals surface area contributed by atoms with E-state index in [9.17, 15) is 4.79 Å². The van der Waals surface area contributed by atoms with Crippen LogP contribution in [0.5, 0.6) is 0 Å². The molecule has 3 rings (SSSR count). The Morgan fingerprint density at radius 1 is 1.68 bits per heavy atom. The second-order valence-corrected chi connectivity index (χ2v) is 5.67. The number of anilines is 1. The van der Waals surface area contributed by atoms with Crippen LogP contribution < -0.4 is 5.32 Å². The maximum absolute atomic E-state index is 11.1. The molecule has 1 unspecified atom stereocenters. The molecular formula is C12H14N4O2S. The number of hydrogen-bond donors (Lipinski definition) is 2. The molecule has 2 aromatic rings. The van der Waals surface area contributed by atoms with Crippen LogP contribution in [0.3, 0.4) is 0 Å². The van der Waals surface area contributed by atoms with Crippen LogP contribution in [0.25, 0.3) is 0 Å². The second kappa shape index (κ2) is 4.65. The number of hydrogen-bond acceptors (Lipinski definition) is 5. The van der Waals surface area contributed by atoms with E-state index in [2.05, 4.69) is 15.4 Å². The SMILES string of the molecule is Cn1ccc(CNc2nc3c(s2)CCC3C(=O)O)n1. The number of nitrogens with zero attached hydrogens (tertiary/aromatic N) is 3. The van der Waals surface area contributed by atoms with Gasteiger partial charge < -0.3 is 10.4 Å². The van der Waals surface area contributed by atoms with Gasteiger partial charge in [0.1, 0.15) is 5.92 Å². The molecule has 100 valence electrons. The number of nitrogens with one attached hydrogen (secondary N) is 1. The van der Waals surface area contributed by atoms with Gasteiger partial charge >= 0.3 is 5.97 Å². The largest absolute Gasteiger partial charge is 0.481 e. The zero-order chi connectivity index (χ0) is 13.4. The fourth-order valence-corrected chi connectivity index (χ4v) is 3.30. The Bertz CT molecular complexity index is 619. The van der Waals surface area contributed by atoms with Crippen molar-refractivity contribution < 1.29 is 9.90 Å². The molecule has 1 aliphatic rings. The van der Waals surface area contributed by atoms with Crippen molar-refractivity contribution in [2.24, 2.45) is 7.05 Å². The predicted octanol–water partition coefficient (Wildman–Crippen LogP) is 1.60. The van der Waals surface area contributed by atoms with Crippen LogP contribution in [0.15, 0.2) is 12.3 Å². The Balaban J connectivity index is 1.70. The first-order valence-corrected chi connectivity index (χ1v) is 6.90. The summed E-state index contributed by atoms with van der Waals surface area (Å²) in [6.07, 6.45) is 3.37. The summed E-state index contributed by atoms with van der Waals surface area (Å²) in [6.45, 7) is 0.602. The van der Waals surface area contributed by atoms with Crippen molar-refractivity contribution in [1.29, 1.82) is 0 Å². The molecule has 0 aromatic carbocycles. The molecule has 2 aromatic heterocycles. The van der Waals surface area contributed by atoms with Crippen LogP contribution in [0.2, 0.25) is 0 Å². The molecule has 0 saturated carbocycles. The highest BCUT2D eigenvalue weighted by Crippen LogP contribution is 2.38. The van der Waals surface area contributed by atoms with E-state index in [4.69, 9.17) is 5.11 Å². The third-order valence-corrected chi connectivity index (χ3v) is 4.29. The molecule has 1 atom stereocenters. The van der Waals surface area contributed by atoms with Gasteiger partial charge in [-0.3, -0.25) is 9.48 Å². The minimum atomic E-state index is -0.777. The minimum Gasteiger partial charge on any atom is -0.481 e. The van der Waals surface area contributed by atoms with Crippen LogP contribution in [-0.2, 0) is 24.8 Å². The Morgan fingerprint density at radius 3 is 3.21 bits per heavy atom. The molecule has 0 fully saturated rings. The van der Waals surface area contributed by atoms with Crippen LogP contribution in [0, 0.1) is 0 Å². The summed E-state index contributed by atoms with van der Waals surface area (Å²) < 4.78 is 1.75. The highest BCUT2D eigenvalue weighted by Gasteiger charge is 2.32. The summed E-state index contributed by atoms with van der Waals surface area (Å²) in [5.74, 6) is -1.21. The number of rotatable bonds is 4. The van der Waals surface area contributed by atoms with Crippen molar-refractivity contribution in [1.82, 2.24) is 14.8 Å². The highest BCUT2D eigenvalue weighted by molar-refractivity contribution is 7.15. The topological polar surface area (TPSA) is 80.0 Å². The normalized spacial score (nSPS) is 17.4. The number of thiazole rings is 1. The minimum absolute atomic E-state index is 0.434. The van der Waals surface area contributed by atoms with Crippen molar-refractivity contribution in [3.63, 3.8) is 0 Å². The molecule has 0 bridgehead atoms. The van der Waals surface area contributed by atoms with Crippen molar-refractivity contribution in [3.05, 3.63) is 28.5 Å². The molecule has 0 amide bonds. The van der Waals surface area contributed by atoms with Gasteiger partial charge in [-0.15, -0.1) is 11.3 Å². The van der Waals surface area contributed by atoms with Crippen molar-refractivity contribution in [2.45, 2.75) is 25.3 Å². The number of aromatic nitrogens is 3. The number of aliphatic carboxylic acids is 1. The molecule has 0 radical (unpaired) electrons. The van der Waals surface area contributed by atoms with Crippen molar-refractivity contribution in [2.75, 3.05) is 5.32 Å². The Kier molecular flexibility index (Phi) is 2.98. The first-order valence-electron chi connectivity index (χ1n) is 6.08. The van der Waals surface area contributed by atoms with E-state index < -0.39 is 11.9 Å². The molecule has 0 aliphatic heterocycles. The highest BCUT2D eigenvalue weighted by atomic mass is 32.1. The van der Waals surface area contributed by atoms with Gasteiger partial charge in [-0.1, -0.05) is 0 Å². The fraction of sp³-hybridized carbons (Fsp3) is 0.417. The number of carboxylic acid groups (broad SMARTS) is 1. The molecule has 0 saturated heterocycles. The Morgan fingerprint density at radius 2 is 2.53 bits per heavy atom. The van der Waals surface area contributed by atoms with Gasteiger partial charge in [0.15, 0.2) is 5.13 Å². The van der Waals surface area contributed by atoms with Gasteiger partial charge in [-0.05, 0) is 18.9 Å². The lowest BCUT2D eigenvalue weighted by atomic mass is 10.1. The molecule has 6 nitrogen and oxygen atoms in total.